The first-order chi connectivity index (χ1) is 42.9. The van der Waals surface area contributed by atoms with E-state index in [2.05, 4.69) is 95.7 Å². The first-order valence-electron chi connectivity index (χ1n) is 30.9. The molecule has 7 atom stereocenters. The molecule has 0 amide bonds. The number of carbonyl (C=O) groups excluding carboxylic acids is 5. The van der Waals surface area contributed by atoms with Crippen molar-refractivity contribution in [3.8, 4) is 11.5 Å². The molecule has 6 aromatic carbocycles. The van der Waals surface area contributed by atoms with Gasteiger partial charge in [0.25, 0.3) is 0 Å². The molecule has 9 rings (SSSR count). The van der Waals surface area contributed by atoms with Gasteiger partial charge in [-0.25, -0.2) is 12.8 Å². The van der Waals surface area contributed by atoms with Crippen molar-refractivity contribution < 1.29 is 83.6 Å². The van der Waals surface area contributed by atoms with Gasteiger partial charge in [-0.15, -0.1) is 0 Å². The van der Waals surface area contributed by atoms with E-state index in [9.17, 15) is 55.2 Å². The second-order valence-corrected chi connectivity index (χ2v) is 29.0. The number of phenolic OH excluding ortho intramolecular Hbond substituents is 1. The Labute approximate surface area is 543 Å². The first-order valence-corrected chi connectivity index (χ1v) is 33.5. The monoisotopic (exact) mass is 1310 g/mol. The lowest BCUT2D eigenvalue weighted by atomic mass is 9.87. The molecule has 0 aliphatic carbocycles. The summed E-state index contributed by atoms with van der Waals surface area (Å²) < 4.78 is 102. The summed E-state index contributed by atoms with van der Waals surface area (Å²) in [5, 5.41) is 6.58. The lowest BCUT2D eigenvalue weighted by Gasteiger charge is -2.33. The van der Waals surface area contributed by atoms with Gasteiger partial charge in [-0.2, -0.15) is 8.78 Å². The maximum atomic E-state index is 13.0. The van der Waals surface area contributed by atoms with Crippen LogP contribution in [-0.2, 0) is 74.3 Å². The molecule has 3 saturated heterocycles. The molecule has 15 nitrogen and oxygen atoms in total. The Morgan fingerprint density at radius 1 is 0.598 bits per heavy atom. The number of phenols is 1. The van der Waals surface area contributed by atoms with E-state index >= 15 is 0 Å². The highest BCUT2D eigenvalue weighted by Gasteiger charge is 2.65. The van der Waals surface area contributed by atoms with Crippen molar-refractivity contribution in [2.45, 2.75) is 198 Å². The molecular weight excluding hydrogens is 1230 g/mol. The Hall–Kier alpha value is -7.26. The SMILES string of the molecule is CCC(C)(C)C(=O)OC(C)(CC)c1ccc(F)cc1.CCC(C)(C)C(=O)OC(C)C(F)(F)S(=O)(=O)[O-].CCC(C)(C)C(=O)OC1C2CC3C(=O)OC1C3O2.CCC(C)(C)C(=O)Oc1ccc(O)c2ccccc12.c1ccc([S+](c2ccccc2)c2ccccc2)cc1. The second-order valence-electron chi connectivity index (χ2n) is 25.5. The van der Waals surface area contributed by atoms with E-state index in [1.54, 1.807) is 37.3 Å². The van der Waals surface area contributed by atoms with Crippen LogP contribution in [0, 0.1) is 33.4 Å². The van der Waals surface area contributed by atoms with E-state index < -0.39 is 66.9 Å². The van der Waals surface area contributed by atoms with E-state index in [1.807, 2.05) is 94.4 Å². The number of halogens is 3. The fourth-order valence-corrected chi connectivity index (χ4v) is 11.5. The van der Waals surface area contributed by atoms with E-state index in [-0.39, 0.29) is 64.5 Å². The molecule has 7 unspecified atom stereocenters. The minimum atomic E-state index is -5.86. The highest BCUT2D eigenvalue weighted by atomic mass is 32.2. The largest absolute Gasteiger partial charge is 0.743 e. The number of fused-ring (bicyclic) bond motifs is 2. The Balaban J connectivity index is 0.000000209. The van der Waals surface area contributed by atoms with Crippen molar-refractivity contribution >= 4 is 61.6 Å². The smallest absolute Gasteiger partial charge is 0.369 e. The van der Waals surface area contributed by atoms with Crippen LogP contribution in [0.15, 0.2) is 166 Å². The number of hydrogen-bond donors (Lipinski definition) is 1. The molecule has 20 heteroatoms. The van der Waals surface area contributed by atoms with Gasteiger partial charge in [-0.1, -0.05) is 126 Å². The van der Waals surface area contributed by atoms with Gasteiger partial charge in [-0.3, -0.25) is 24.0 Å². The minimum absolute atomic E-state index is 0.0146. The summed E-state index contributed by atoms with van der Waals surface area (Å²) in [6.07, 6.45) is 0.218. The second kappa shape index (κ2) is 31.6. The van der Waals surface area contributed by atoms with Gasteiger partial charge in [0.05, 0.1) is 44.6 Å². The van der Waals surface area contributed by atoms with E-state index in [0.29, 0.717) is 50.2 Å². The lowest BCUT2D eigenvalue weighted by Crippen LogP contribution is -2.44. The summed E-state index contributed by atoms with van der Waals surface area (Å²) in [6, 6.07) is 48.8. The number of carbonyl (C=O) groups is 5. The van der Waals surface area contributed by atoms with Crippen molar-refractivity contribution in [3.05, 3.63) is 163 Å². The number of hydrogen-bond acceptors (Lipinski definition) is 15. The maximum Gasteiger partial charge on any atom is 0.369 e. The first kappa shape index (κ1) is 75.5. The van der Waals surface area contributed by atoms with Gasteiger partial charge >= 0.3 is 35.1 Å². The Morgan fingerprint density at radius 2 is 1.03 bits per heavy atom. The molecule has 0 saturated carbocycles. The molecular formula is C72H89F3O15S2. The number of esters is 5. The van der Waals surface area contributed by atoms with Crippen LogP contribution in [0.5, 0.6) is 11.5 Å². The van der Waals surface area contributed by atoms with Gasteiger partial charge in [0.1, 0.15) is 29.0 Å². The highest BCUT2D eigenvalue weighted by Crippen LogP contribution is 2.48. The fraction of sp³-hybridized carbons (Fsp3) is 0.458. The zero-order valence-electron chi connectivity index (χ0n) is 55.3. The van der Waals surface area contributed by atoms with Gasteiger partial charge in [0.15, 0.2) is 43.1 Å². The summed E-state index contributed by atoms with van der Waals surface area (Å²) in [5.41, 5.74) is -2.44. The maximum absolute atomic E-state index is 13.0. The van der Waals surface area contributed by atoms with Crippen LogP contribution < -0.4 is 4.74 Å². The predicted octanol–water partition coefficient (Wildman–Crippen LogP) is 15.6. The zero-order chi connectivity index (χ0) is 68.8. The van der Waals surface area contributed by atoms with Crippen molar-refractivity contribution in [2.75, 3.05) is 0 Å². The quantitative estimate of drug-likeness (QED) is 0.0262. The van der Waals surface area contributed by atoms with Crippen LogP contribution in [0.4, 0.5) is 13.2 Å². The van der Waals surface area contributed by atoms with Crippen molar-refractivity contribution in [3.63, 3.8) is 0 Å². The predicted molar refractivity (Wildman–Crippen MR) is 346 cm³/mol. The Bertz CT molecular complexity index is 3450. The van der Waals surface area contributed by atoms with Crippen LogP contribution in [0.3, 0.4) is 0 Å². The Kier molecular flexibility index (Phi) is 25.9. The van der Waals surface area contributed by atoms with Gasteiger partial charge in [0.2, 0.25) is 0 Å². The summed E-state index contributed by atoms with van der Waals surface area (Å²) in [4.78, 5) is 63.4. The van der Waals surface area contributed by atoms with Gasteiger partial charge < -0.3 is 38.1 Å². The molecule has 2 bridgehead atoms. The van der Waals surface area contributed by atoms with Crippen molar-refractivity contribution in [2.24, 2.45) is 27.6 Å². The Morgan fingerprint density at radius 3 is 1.49 bits per heavy atom. The number of aromatic hydroxyl groups is 1. The lowest BCUT2D eigenvalue weighted by molar-refractivity contribution is -0.171. The van der Waals surface area contributed by atoms with Crippen LogP contribution in [0.25, 0.3) is 10.8 Å². The molecule has 6 aromatic rings. The highest BCUT2D eigenvalue weighted by molar-refractivity contribution is 7.97. The van der Waals surface area contributed by atoms with E-state index in [1.165, 1.54) is 40.7 Å². The molecule has 0 spiro atoms. The van der Waals surface area contributed by atoms with Gasteiger partial charge in [0, 0.05) is 10.8 Å². The molecule has 500 valence electrons. The fourth-order valence-electron chi connectivity index (χ4n) is 8.98. The van der Waals surface area contributed by atoms with E-state index in [4.69, 9.17) is 23.7 Å². The molecule has 3 aliphatic heterocycles. The van der Waals surface area contributed by atoms with Crippen molar-refractivity contribution in [1.82, 2.24) is 0 Å². The number of rotatable bonds is 19. The number of benzene rings is 6. The van der Waals surface area contributed by atoms with Crippen LogP contribution >= 0.6 is 0 Å². The molecule has 92 heavy (non-hydrogen) atoms. The summed E-state index contributed by atoms with van der Waals surface area (Å²) >= 11 is 0. The minimum Gasteiger partial charge on any atom is -0.743 e. The van der Waals surface area contributed by atoms with Crippen LogP contribution in [0.1, 0.15) is 148 Å². The third-order valence-electron chi connectivity index (χ3n) is 17.3. The van der Waals surface area contributed by atoms with E-state index in [0.717, 1.165) is 17.4 Å². The summed E-state index contributed by atoms with van der Waals surface area (Å²) in [7, 11) is -5.87. The summed E-state index contributed by atoms with van der Waals surface area (Å²) in [6.45, 7) is 26.1. The third kappa shape index (κ3) is 18.7. The molecule has 3 fully saturated rings. The number of ether oxygens (including phenoxy) is 6. The normalized spacial score (nSPS) is 18.5. The number of alkyl halides is 2. The van der Waals surface area contributed by atoms with Gasteiger partial charge in [-0.05, 0) is 174 Å². The molecule has 3 heterocycles. The molecule has 1 N–H and O–H groups in total. The zero-order valence-corrected chi connectivity index (χ0v) is 56.9. The molecule has 0 aromatic heterocycles. The summed E-state index contributed by atoms with van der Waals surface area (Å²) in [5.74, 6) is -1.67. The van der Waals surface area contributed by atoms with Crippen LogP contribution in [0.2, 0.25) is 0 Å². The topological polar surface area (TPSA) is 218 Å². The molecule has 0 radical (unpaired) electrons. The van der Waals surface area contributed by atoms with Crippen molar-refractivity contribution in [1.29, 1.82) is 0 Å². The van der Waals surface area contributed by atoms with Crippen LogP contribution in [-0.4, -0.2) is 83.7 Å². The third-order valence-corrected chi connectivity index (χ3v) is 20.5. The molecule has 3 aliphatic rings. The average molecular weight is 1320 g/mol. The average Bonchev–Trinajstić information content (AvgIpc) is 1.57. The standard InChI is InChI=1S/C18H15S.C16H23FO2.C16H18O3.C13H18O5.C9H16F2O5S/c1-4-10-16(11-5-1)19(17-12-6-2-7-13-17)18-14-8-3-9-15-18;1-6-15(3,4)14(18)19-16(5,7-2)12-8-10-13(17)11-9-12;1-4-16(2,3)15(18)19-14-10-9-13(17)11-7-5-6-8-12(11)14;1-4-13(2,3)12(15)18-9-7-5-6-8(16-7)10(9)17-11(6)14;1-5-8(3,4)7(12)16-6(2)9(10,11)17(13,14)15/h1-15H;8-11H,6-7H2,1-5H3;5-10,17H,4H2,1-3H3;6-10H,4-5H2,1-3H3;6H,5H2,1-4H3,(H,13,14,15)/q+1;;;;/p-1.